The minimum atomic E-state index is -0.299. The van der Waals surface area contributed by atoms with E-state index < -0.39 is 0 Å². The first-order valence-corrected chi connectivity index (χ1v) is 9.12. The Hall–Kier alpha value is -3.01. The monoisotopic (exact) mass is 359 g/mol. The molecular formula is C23H22FN3. The summed E-state index contributed by atoms with van der Waals surface area (Å²) in [5, 5.41) is 10.2. The highest BCUT2D eigenvalue weighted by molar-refractivity contribution is 6.27. The molecule has 0 bridgehead atoms. The van der Waals surface area contributed by atoms with Crippen molar-refractivity contribution < 1.29 is 4.39 Å². The highest BCUT2D eigenvalue weighted by Crippen LogP contribution is 2.39. The minimum absolute atomic E-state index is 0.0265. The maximum Gasteiger partial charge on any atom is 0.154 e. The number of aliphatic imine (C=N–C) groups is 1. The standard InChI is InChI=1S/C23H22FN3/c1-4-23(2,3)15-9-8-13-11-18-20(22(26)27-21(18)25)19(17(13)12-15)14-6-5-7-16(24)10-14/h5-12H,4H2,1-3H3,(H3,25,26,27). The predicted molar refractivity (Wildman–Crippen MR) is 110 cm³/mol. The first-order valence-electron chi connectivity index (χ1n) is 9.12. The zero-order valence-corrected chi connectivity index (χ0v) is 15.7. The van der Waals surface area contributed by atoms with Gasteiger partial charge in [0.15, 0.2) is 5.84 Å². The van der Waals surface area contributed by atoms with Gasteiger partial charge in [0.25, 0.3) is 0 Å². The Morgan fingerprint density at radius 1 is 1.07 bits per heavy atom. The van der Waals surface area contributed by atoms with Crippen LogP contribution in [0.25, 0.3) is 21.9 Å². The van der Waals surface area contributed by atoms with Crippen molar-refractivity contribution in [2.45, 2.75) is 32.6 Å². The summed E-state index contributed by atoms with van der Waals surface area (Å²) in [4.78, 5) is 4.16. The number of nitrogens with two attached hydrogens (primary N) is 1. The average molecular weight is 359 g/mol. The lowest BCUT2D eigenvalue weighted by molar-refractivity contribution is 0.507. The van der Waals surface area contributed by atoms with Crippen molar-refractivity contribution >= 4 is 22.4 Å². The van der Waals surface area contributed by atoms with Crippen molar-refractivity contribution in [2.75, 3.05) is 0 Å². The molecule has 1 heterocycles. The van der Waals surface area contributed by atoms with Gasteiger partial charge in [0, 0.05) is 16.7 Å². The Labute approximate surface area is 158 Å². The van der Waals surface area contributed by atoms with Crippen LogP contribution in [-0.4, -0.2) is 11.7 Å². The van der Waals surface area contributed by atoms with Crippen LogP contribution in [0.15, 0.2) is 53.5 Å². The number of halogens is 1. The van der Waals surface area contributed by atoms with Gasteiger partial charge in [-0.15, -0.1) is 0 Å². The molecule has 1 aliphatic heterocycles. The quantitative estimate of drug-likeness (QED) is 0.648. The van der Waals surface area contributed by atoms with Crippen LogP contribution in [0.4, 0.5) is 4.39 Å². The molecule has 4 heteroatoms. The molecule has 0 aliphatic carbocycles. The summed E-state index contributed by atoms with van der Waals surface area (Å²) in [5.41, 5.74) is 10.4. The normalized spacial score (nSPS) is 13.8. The van der Waals surface area contributed by atoms with Crippen LogP contribution in [0.2, 0.25) is 0 Å². The van der Waals surface area contributed by atoms with Gasteiger partial charge in [-0.25, -0.2) is 9.38 Å². The van der Waals surface area contributed by atoms with Gasteiger partial charge in [0.1, 0.15) is 11.7 Å². The van der Waals surface area contributed by atoms with Crippen LogP contribution in [0, 0.1) is 11.2 Å². The van der Waals surface area contributed by atoms with Crippen LogP contribution >= 0.6 is 0 Å². The Morgan fingerprint density at radius 3 is 2.56 bits per heavy atom. The molecular weight excluding hydrogens is 337 g/mol. The number of rotatable bonds is 3. The van der Waals surface area contributed by atoms with E-state index in [9.17, 15) is 4.39 Å². The first-order chi connectivity index (χ1) is 12.8. The van der Waals surface area contributed by atoms with E-state index in [0.29, 0.717) is 11.4 Å². The molecule has 0 radical (unpaired) electrons. The van der Waals surface area contributed by atoms with Gasteiger partial charge in [-0.05, 0) is 58.0 Å². The van der Waals surface area contributed by atoms with Crippen LogP contribution in [0.1, 0.15) is 43.9 Å². The molecule has 0 amide bonds. The van der Waals surface area contributed by atoms with E-state index in [0.717, 1.165) is 33.9 Å². The molecule has 3 aromatic carbocycles. The maximum atomic E-state index is 14.0. The fraction of sp³-hybridized carbons (Fsp3) is 0.217. The van der Waals surface area contributed by atoms with Crippen molar-refractivity contribution in [3.8, 4) is 11.1 Å². The van der Waals surface area contributed by atoms with Gasteiger partial charge >= 0.3 is 0 Å². The number of fused-ring (bicyclic) bond motifs is 2. The third-order valence-corrected chi connectivity index (χ3v) is 5.66. The van der Waals surface area contributed by atoms with E-state index >= 15 is 0 Å². The molecule has 3 nitrogen and oxygen atoms in total. The van der Waals surface area contributed by atoms with E-state index in [1.165, 1.54) is 17.7 Å². The number of amidine groups is 2. The molecule has 27 heavy (non-hydrogen) atoms. The van der Waals surface area contributed by atoms with E-state index in [-0.39, 0.29) is 17.1 Å². The molecule has 0 aromatic heterocycles. The summed E-state index contributed by atoms with van der Waals surface area (Å²) < 4.78 is 14.0. The molecule has 0 fully saturated rings. The molecule has 136 valence electrons. The Morgan fingerprint density at radius 2 is 1.85 bits per heavy atom. The molecule has 0 unspecified atom stereocenters. The van der Waals surface area contributed by atoms with E-state index in [4.69, 9.17) is 11.1 Å². The third-order valence-electron chi connectivity index (χ3n) is 5.66. The van der Waals surface area contributed by atoms with E-state index in [2.05, 4.69) is 44.0 Å². The minimum Gasteiger partial charge on any atom is -0.383 e. The second-order valence-corrected chi connectivity index (χ2v) is 7.70. The fourth-order valence-corrected chi connectivity index (χ4v) is 3.65. The largest absolute Gasteiger partial charge is 0.383 e. The van der Waals surface area contributed by atoms with E-state index in [1.54, 1.807) is 6.07 Å². The van der Waals surface area contributed by atoms with Gasteiger partial charge in [0.2, 0.25) is 0 Å². The lowest BCUT2D eigenvalue weighted by Crippen LogP contribution is -2.16. The summed E-state index contributed by atoms with van der Waals surface area (Å²) in [6, 6.07) is 14.9. The summed E-state index contributed by atoms with van der Waals surface area (Å²) >= 11 is 0. The number of nitrogens with zero attached hydrogens (tertiary/aromatic N) is 1. The predicted octanol–water partition coefficient (Wildman–Crippen LogP) is 5.38. The van der Waals surface area contributed by atoms with Crippen LogP contribution in [0.3, 0.4) is 0 Å². The smallest absolute Gasteiger partial charge is 0.154 e. The van der Waals surface area contributed by atoms with Gasteiger partial charge in [0.05, 0.1) is 0 Å². The maximum absolute atomic E-state index is 14.0. The molecule has 0 saturated heterocycles. The first kappa shape index (κ1) is 17.4. The summed E-state index contributed by atoms with van der Waals surface area (Å²) in [6.07, 6.45) is 1.01. The van der Waals surface area contributed by atoms with Gasteiger partial charge in [-0.3, -0.25) is 5.41 Å². The van der Waals surface area contributed by atoms with E-state index in [1.807, 2.05) is 12.1 Å². The van der Waals surface area contributed by atoms with Crippen molar-refractivity contribution in [1.82, 2.24) is 0 Å². The Bertz CT molecular complexity index is 1130. The second-order valence-electron chi connectivity index (χ2n) is 7.70. The molecule has 3 N–H and O–H groups in total. The zero-order valence-electron chi connectivity index (χ0n) is 15.7. The molecule has 0 spiro atoms. The summed E-state index contributed by atoms with van der Waals surface area (Å²) in [6.45, 7) is 6.61. The van der Waals surface area contributed by atoms with Crippen molar-refractivity contribution in [1.29, 1.82) is 5.41 Å². The van der Waals surface area contributed by atoms with Crippen molar-refractivity contribution in [2.24, 2.45) is 10.7 Å². The van der Waals surface area contributed by atoms with Gasteiger partial charge in [-0.1, -0.05) is 45.0 Å². The highest BCUT2D eigenvalue weighted by atomic mass is 19.1. The van der Waals surface area contributed by atoms with Crippen molar-refractivity contribution in [3.63, 3.8) is 0 Å². The van der Waals surface area contributed by atoms with Gasteiger partial charge < -0.3 is 5.73 Å². The van der Waals surface area contributed by atoms with Crippen LogP contribution in [0.5, 0.6) is 0 Å². The second kappa shape index (κ2) is 6.02. The number of hydrogen-bond donors (Lipinski definition) is 2. The number of benzene rings is 3. The summed E-state index contributed by atoms with van der Waals surface area (Å²) in [5.74, 6) is 0.170. The lowest BCUT2D eigenvalue weighted by Gasteiger charge is -2.24. The number of nitrogens with one attached hydrogen (secondary N) is 1. The fourth-order valence-electron chi connectivity index (χ4n) is 3.65. The highest BCUT2D eigenvalue weighted by Gasteiger charge is 2.26. The van der Waals surface area contributed by atoms with Crippen LogP contribution in [-0.2, 0) is 5.41 Å². The number of hydrogen-bond acceptors (Lipinski definition) is 2. The van der Waals surface area contributed by atoms with Gasteiger partial charge in [-0.2, -0.15) is 0 Å². The third kappa shape index (κ3) is 2.72. The molecule has 0 atom stereocenters. The Kier molecular flexibility index (Phi) is 3.88. The average Bonchev–Trinajstić information content (AvgIpc) is 2.93. The molecule has 0 saturated carbocycles. The lowest BCUT2D eigenvalue weighted by atomic mass is 9.80. The van der Waals surface area contributed by atoms with Crippen LogP contribution < -0.4 is 5.73 Å². The topological polar surface area (TPSA) is 62.2 Å². The molecule has 4 rings (SSSR count). The zero-order chi connectivity index (χ0) is 19.3. The molecule has 3 aromatic rings. The molecule has 1 aliphatic rings. The van der Waals surface area contributed by atoms with Crippen molar-refractivity contribution in [3.05, 3.63) is 71.0 Å². The Balaban J connectivity index is 2.13. The SMILES string of the molecule is CCC(C)(C)c1ccc2cc3c(c(-c4cccc(F)c4)c2c1)C(N)=NC3=N. The summed E-state index contributed by atoms with van der Waals surface area (Å²) in [7, 11) is 0.